The van der Waals surface area contributed by atoms with Crippen molar-refractivity contribution >= 4 is 15.9 Å². The normalized spacial score (nSPS) is 28.3. The van der Waals surface area contributed by atoms with Crippen molar-refractivity contribution in [1.82, 2.24) is 14.6 Å². The number of ether oxygens (including phenoxy) is 1. The number of nitrogens with zero attached hydrogens (tertiary/aromatic N) is 2. The van der Waals surface area contributed by atoms with Crippen molar-refractivity contribution < 1.29 is 17.9 Å². The summed E-state index contributed by atoms with van der Waals surface area (Å²) >= 11 is 0. The number of hydrogen-bond donors (Lipinski definition) is 1. The van der Waals surface area contributed by atoms with Gasteiger partial charge in [-0.25, -0.2) is 8.42 Å². The summed E-state index contributed by atoms with van der Waals surface area (Å²) in [5.74, 6) is 0.108. The molecule has 3 atom stereocenters. The summed E-state index contributed by atoms with van der Waals surface area (Å²) in [5, 5.41) is 2.86. The molecule has 3 heterocycles. The third kappa shape index (κ3) is 3.88. The zero-order valence-electron chi connectivity index (χ0n) is 13.0. The zero-order chi connectivity index (χ0) is 16.4. The number of hydrogen-bond acceptors (Lipinski definition) is 5. The smallest absolute Gasteiger partial charge is 0.249 e. The average Bonchev–Trinajstić information content (AvgIpc) is 2.96. The Kier molecular flexibility index (Phi) is 4.65. The van der Waals surface area contributed by atoms with Crippen molar-refractivity contribution in [2.24, 2.45) is 5.92 Å². The molecule has 0 radical (unpaired) electrons. The number of rotatable bonds is 4. The van der Waals surface area contributed by atoms with Gasteiger partial charge in [0.25, 0.3) is 0 Å². The standard InChI is InChI=1S/C15H21N3O4S/c1-23(20,21)18-6-4-12-7-13(22-14(12)10-18)15(19)17-9-11-3-2-5-16-8-11/h2-3,5,8,12-14H,4,6-7,9-10H2,1H3,(H,17,19)/t12-,13+,14+/m1/s1. The molecule has 2 aliphatic rings. The number of piperidine rings is 1. The van der Waals surface area contributed by atoms with Gasteiger partial charge < -0.3 is 10.1 Å². The Hall–Kier alpha value is -1.51. The van der Waals surface area contributed by atoms with Crippen LogP contribution in [0.1, 0.15) is 18.4 Å². The van der Waals surface area contributed by atoms with Crippen LogP contribution < -0.4 is 5.32 Å². The van der Waals surface area contributed by atoms with Gasteiger partial charge >= 0.3 is 0 Å². The summed E-state index contributed by atoms with van der Waals surface area (Å²) in [6.45, 7) is 1.26. The molecule has 3 rings (SSSR count). The molecule has 0 spiro atoms. The molecule has 0 bridgehead atoms. The summed E-state index contributed by atoms with van der Waals surface area (Å²) in [7, 11) is -3.20. The fourth-order valence-electron chi connectivity index (χ4n) is 3.18. The van der Waals surface area contributed by atoms with Crippen molar-refractivity contribution in [2.75, 3.05) is 19.3 Å². The fraction of sp³-hybridized carbons (Fsp3) is 0.600. The molecule has 2 saturated heterocycles. The highest BCUT2D eigenvalue weighted by Crippen LogP contribution is 2.34. The van der Waals surface area contributed by atoms with E-state index in [1.807, 2.05) is 12.1 Å². The second-order valence-electron chi connectivity index (χ2n) is 6.15. The van der Waals surface area contributed by atoms with Crippen LogP contribution >= 0.6 is 0 Å². The van der Waals surface area contributed by atoms with E-state index in [-0.39, 0.29) is 17.9 Å². The number of carbonyl (C=O) groups excluding carboxylic acids is 1. The Morgan fingerprint density at radius 1 is 1.52 bits per heavy atom. The molecule has 1 aromatic heterocycles. The minimum atomic E-state index is -3.20. The molecule has 126 valence electrons. The summed E-state index contributed by atoms with van der Waals surface area (Å²) in [5.41, 5.74) is 0.930. The van der Waals surface area contributed by atoms with E-state index in [0.717, 1.165) is 12.0 Å². The van der Waals surface area contributed by atoms with Crippen molar-refractivity contribution in [1.29, 1.82) is 0 Å². The summed E-state index contributed by atoms with van der Waals surface area (Å²) in [6, 6.07) is 3.72. The van der Waals surface area contributed by atoms with Gasteiger partial charge in [0, 0.05) is 32.0 Å². The van der Waals surface area contributed by atoms with E-state index in [1.165, 1.54) is 10.6 Å². The van der Waals surface area contributed by atoms with Crippen LogP contribution in [0.4, 0.5) is 0 Å². The van der Waals surface area contributed by atoms with E-state index in [0.29, 0.717) is 26.1 Å². The SMILES string of the molecule is CS(=O)(=O)N1CC[C@@H]2C[C@@H](C(=O)NCc3cccnc3)O[C@H]2C1. The van der Waals surface area contributed by atoms with Crippen molar-refractivity contribution in [3.8, 4) is 0 Å². The first-order chi connectivity index (χ1) is 10.9. The molecule has 1 N–H and O–H groups in total. The molecular formula is C15H21N3O4S. The molecule has 2 fully saturated rings. The minimum absolute atomic E-state index is 0.144. The van der Waals surface area contributed by atoms with Gasteiger partial charge in [-0.2, -0.15) is 4.31 Å². The van der Waals surface area contributed by atoms with Gasteiger partial charge in [-0.15, -0.1) is 0 Å². The highest BCUT2D eigenvalue weighted by Gasteiger charge is 2.43. The number of pyridine rings is 1. The summed E-state index contributed by atoms with van der Waals surface area (Å²) in [6.07, 6.45) is 5.31. The topological polar surface area (TPSA) is 88.6 Å². The van der Waals surface area contributed by atoms with Crippen molar-refractivity contribution in [3.05, 3.63) is 30.1 Å². The lowest BCUT2D eigenvalue weighted by atomic mass is 9.93. The molecule has 0 unspecified atom stereocenters. The Bertz CT molecular complexity index is 665. The van der Waals surface area contributed by atoms with Gasteiger partial charge in [-0.1, -0.05) is 6.07 Å². The van der Waals surface area contributed by atoms with Crippen LogP contribution in [-0.4, -0.2) is 55.2 Å². The highest BCUT2D eigenvalue weighted by molar-refractivity contribution is 7.88. The van der Waals surface area contributed by atoms with Crippen LogP contribution in [0.3, 0.4) is 0 Å². The molecule has 1 amide bonds. The maximum absolute atomic E-state index is 12.3. The lowest BCUT2D eigenvalue weighted by Gasteiger charge is -2.32. The second kappa shape index (κ2) is 6.54. The maximum Gasteiger partial charge on any atom is 0.249 e. The molecule has 1 aromatic rings. The number of carbonyl (C=O) groups is 1. The predicted octanol–water partition coefficient (Wildman–Crippen LogP) is 0.137. The summed E-state index contributed by atoms with van der Waals surface area (Å²) < 4.78 is 30.5. The van der Waals surface area contributed by atoms with Crippen molar-refractivity contribution in [2.45, 2.75) is 31.6 Å². The van der Waals surface area contributed by atoms with Crippen LogP contribution in [-0.2, 0) is 26.1 Å². The fourth-order valence-corrected chi connectivity index (χ4v) is 4.03. The largest absolute Gasteiger partial charge is 0.363 e. The third-order valence-corrected chi connectivity index (χ3v) is 5.74. The number of aromatic nitrogens is 1. The van der Waals surface area contributed by atoms with Gasteiger partial charge in [0.15, 0.2) is 0 Å². The monoisotopic (exact) mass is 339 g/mol. The Morgan fingerprint density at radius 2 is 2.35 bits per heavy atom. The molecule has 7 nitrogen and oxygen atoms in total. The minimum Gasteiger partial charge on any atom is -0.363 e. The van der Waals surface area contributed by atoms with Crippen LogP contribution in [0, 0.1) is 5.92 Å². The molecule has 23 heavy (non-hydrogen) atoms. The Labute approximate surface area is 136 Å². The van der Waals surface area contributed by atoms with Gasteiger partial charge in [0.2, 0.25) is 15.9 Å². The van der Waals surface area contributed by atoms with E-state index < -0.39 is 16.1 Å². The summed E-state index contributed by atoms with van der Waals surface area (Å²) in [4.78, 5) is 16.3. The predicted molar refractivity (Wildman–Crippen MR) is 83.9 cm³/mol. The van der Waals surface area contributed by atoms with Gasteiger partial charge in [0.05, 0.1) is 12.4 Å². The van der Waals surface area contributed by atoms with Crippen LogP contribution in [0.25, 0.3) is 0 Å². The van der Waals surface area contributed by atoms with Gasteiger partial charge in [-0.05, 0) is 30.4 Å². The average molecular weight is 339 g/mol. The first kappa shape index (κ1) is 16.4. The third-order valence-electron chi connectivity index (χ3n) is 4.47. The van der Waals surface area contributed by atoms with E-state index >= 15 is 0 Å². The van der Waals surface area contributed by atoms with Gasteiger partial charge in [0.1, 0.15) is 6.10 Å². The van der Waals surface area contributed by atoms with Crippen LogP contribution in [0.2, 0.25) is 0 Å². The van der Waals surface area contributed by atoms with Gasteiger partial charge in [-0.3, -0.25) is 9.78 Å². The van der Waals surface area contributed by atoms with Crippen molar-refractivity contribution in [3.63, 3.8) is 0 Å². The van der Waals surface area contributed by atoms with E-state index in [9.17, 15) is 13.2 Å². The molecule has 0 aliphatic carbocycles. The number of fused-ring (bicyclic) bond motifs is 1. The molecular weight excluding hydrogens is 318 g/mol. The molecule has 8 heteroatoms. The molecule has 0 aromatic carbocycles. The molecule has 2 aliphatic heterocycles. The first-order valence-electron chi connectivity index (χ1n) is 7.70. The van der Waals surface area contributed by atoms with E-state index in [4.69, 9.17) is 4.74 Å². The van der Waals surface area contributed by atoms with Crippen LogP contribution in [0.5, 0.6) is 0 Å². The Balaban J connectivity index is 1.54. The molecule has 0 saturated carbocycles. The number of nitrogens with one attached hydrogen (secondary N) is 1. The zero-order valence-corrected chi connectivity index (χ0v) is 13.8. The van der Waals surface area contributed by atoms with Crippen LogP contribution in [0.15, 0.2) is 24.5 Å². The van der Waals surface area contributed by atoms with E-state index in [2.05, 4.69) is 10.3 Å². The maximum atomic E-state index is 12.3. The quantitative estimate of drug-likeness (QED) is 0.843. The van der Waals surface area contributed by atoms with E-state index in [1.54, 1.807) is 12.4 Å². The number of amides is 1. The lowest BCUT2D eigenvalue weighted by molar-refractivity contribution is -0.132. The highest BCUT2D eigenvalue weighted by atomic mass is 32.2. The Morgan fingerprint density at radius 3 is 3.04 bits per heavy atom. The first-order valence-corrected chi connectivity index (χ1v) is 9.55. The lowest BCUT2D eigenvalue weighted by Crippen LogP contribution is -2.45. The second-order valence-corrected chi connectivity index (χ2v) is 8.13. The number of sulfonamides is 1.